The summed E-state index contributed by atoms with van der Waals surface area (Å²) in [5, 5.41) is 10.9. The van der Waals surface area contributed by atoms with E-state index in [4.69, 9.17) is 13.9 Å². The van der Waals surface area contributed by atoms with Gasteiger partial charge in [-0.1, -0.05) is 26.0 Å². The normalized spacial score (nSPS) is 11.3. The average Bonchev–Trinajstić information content (AvgIpc) is 2.75. The van der Waals surface area contributed by atoms with E-state index in [0.29, 0.717) is 46.9 Å². The molecule has 6 nitrogen and oxygen atoms in total. The molecule has 0 spiro atoms. The van der Waals surface area contributed by atoms with E-state index in [-0.39, 0.29) is 16.9 Å². The third-order valence-corrected chi connectivity index (χ3v) is 5.08. The van der Waals surface area contributed by atoms with Crippen LogP contribution in [-0.2, 0) is 6.54 Å². The Morgan fingerprint density at radius 2 is 1.68 bits per heavy atom. The molecule has 3 rings (SSSR count). The van der Waals surface area contributed by atoms with Crippen molar-refractivity contribution in [2.45, 2.75) is 47.1 Å². The zero-order valence-corrected chi connectivity index (χ0v) is 18.7. The minimum absolute atomic E-state index is 0.121. The Kier molecular flexibility index (Phi) is 7.58. The fraction of sp³-hybridized carbons (Fsp3) is 0.400. The highest BCUT2D eigenvalue weighted by Crippen LogP contribution is 2.34. The number of phenolic OH excluding ortho intramolecular Hbond substituents is 1. The van der Waals surface area contributed by atoms with Crippen molar-refractivity contribution in [2.75, 3.05) is 19.7 Å². The van der Waals surface area contributed by atoms with Crippen molar-refractivity contribution in [3.05, 3.63) is 57.9 Å². The zero-order valence-electron chi connectivity index (χ0n) is 18.7. The van der Waals surface area contributed by atoms with Crippen LogP contribution in [0, 0.1) is 6.92 Å². The number of hydrogen-bond acceptors (Lipinski definition) is 6. The summed E-state index contributed by atoms with van der Waals surface area (Å²) in [4.78, 5) is 15.6. The molecule has 2 aromatic carbocycles. The molecule has 3 aromatic rings. The summed E-state index contributed by atoms with van der Waals surface area (Å²) < 4.78 is 17.6. The Balaban J connectivity index is 2.07. The van der Waals surface area contributed by atoms with Crippen LogP contribution >= 0.6 is 0 Å². The maximum Gasteiger partial charge on any atom is 0.235 e. The molecule has 0 unspecified atom stereocenters. The maximum atomic E-state index is 13.3. The summed E-state index contributed by atoms with van der Waals surface area (Å²) in [6.07, 6.45) is 2.01. The molecule has 0 amide bonds. The number of phenols is 1. The number of nitrogens with zero attached hydrogens (tertiary/aromatic N) is 1. The minimum atomic E-state index is -0.274. The fourth-order valence-corrected chi connectivity index (χ4v) is 3.71. The lowest BCUT2D eigenvalue weighted by Gasteiger charge is -2.22. The summed E-state index contributed by atoms with van der Waals surface area (Å²) in [5.74, 6) is 1.62. The Bertz CT molecular complexity index is 1080. The molecule has 1 aromatic heterocycles. The highest BCUT2D eigenvalue weighted by molar-refractivity contribution is 5.83. The van der Waals surface area contributed by atoms with Crippen LogP contribution in [0.3, 0.4) is 0 Å². The number of benzene rings is 2. The van der Waals surface area contributed by atoms with E-state index in [9.17, 15) is 9.90 Å². The molecule has 0 radical (unpaired) electrons. The highest BCUT2D eigenvalue weighted by atomic mass is 16.5. The first kappa shape index (κ1) is 22.7. The molecule has 1 heterocycles. The molecule has 0 atom stereocenters. The van der Waals surface area contributed by atoms with Crippen LogP contribution in [0.4, 0.5) is 0 Å². The second-order valence-corrected chi connectivity index (χ2v) is 7.51. The van der Waals surface area contributed by atoms with Crippen LogP contribution in [0.1, 0.15) is 44.9 Å². The number of para-hydroxylation sites is 2. The molecule has 0 saturated carbocycles. The predicted molar refractivity (Wildman–Crippen MR) is 122 cm³/mol. The number of aromatic hydroxyl groups is 1. The lowest BCUT2D eigenvalue weighted by atomic mass is 10.1. The molecule has 0 saturated heterocycles. The SMILES string of the molecule is CCCN(CCC)Cc1c(O)ccc2c(=O)c(Oc3ccccc3OCC)c(C)oc12. The van der Waals surface area contributed by atoms with Crippen molar-refractivity contribution in [2.24, 2.45) is 0 Å². The molecule has 0 aliphatic carbocycles. The number of fused-ring (bicyclic) bond motifs is 1. The molecule has 0 aliphatic heterocycles. The molecule has 0 fully saturated rings. The van der Waals surface area contributed by atoms with Gasteiger partial charge in [0.2, 0.25) is 11.2 Å². The third kappa shape index (κ3) is 5.02. The lowest BCUT2D eigenvalue weighted by Crippen LogP contribution is -2.25. The second kappa shape index (κ2) is 10.4. The van der Waals surface area contributed by atoms with Crippen LogP contribution in [0.2, 0.25) is 0 Å². The number of aryl methyl sites for hydroxylation is 1. The van der Waals surface area contributed by atoms with Crippen molar-refractivity contribution in [1.29, 1.82) is 0 Å². The van der Waals surface area contributed by atoms with Gasteiger partial charge in [-0.2, -0.15) is 0 Å². The van der Waals surface area contributed by atoms with E-state index in [1.165, 1.54) is 0 Å². The lowest BCUT2D eigenvalue weighted by molar-refractivity contribution is 0.262. The number of rotatable bonds is 10. The van der Waals surface area contributed by atoms with E-state index in [0.717, 1.165) is 25.9 Å². The van der Waals surface area contributed by atoms with Gasteiger partial charge in [0, 0.05) is 6.54 Å². The Morgan fingerprint density at radius 3 is 2.32 bits per heavy atom. The van der Waals surface area contributed by atoms with Crippen LogP contribution in [0.15, 0.2) is 45.6 Å². The Labute approximate surface area is 183 Å². The van der Waals surface area contributed by atoms with Gasteiger partial charge >= 0.3 is 0 Å². The molecule has 0 bridgehead atoms. The Hall–Kier alpha value is -2.99. The van der Waals surface area contributed by atoms with Crippen LogP contribution in [-0.4, -0.2) is 29.7 Å². The van der Waals surface area contributed by atoms with Crippen LogP contribution in [0.5, 0.6) is 23.0 Å². The molecular weight excluding hydrogens is 394 g/mol. The summed E-state index contributed by atoms with van der Waals surface area (Å²) in [6.45, 7) is 10.6. The van der Waals surface area contributed by atoms with Crippen molar-refractivity contribution >= 4 is 11.0 Å². The number of hydrogen-bond donors (Lipinski definition) is 1. The van der Waals surface area contributed by atoms with Gasteiger partial charge in [-0.15, -0.1) is 0 Å². The first-order valence-electron chi connectivity index (χ1n) is 10.9. The second-order valence-electron chi connectivity index (χ2n) is 7.51. The first-order chi connectivity index (χ1) is 15.0. The molecule has 1 N–H and O–H groups in total. The standard InChI is InChI=1S/C25H31NO5/c1-5-14-26(15-6-2)16-19-20(27)13-12-18-23(28)24(17(4)30-25(18)19)31-22-11-9-8-10-21(22)29-7-3/h8-13,27H,5-7,14-16H2,1-4H3. The molecule has 0 aliphatic rings. The van der Waals surface area contributed by atoms with Gasteiger partial charge in [-0.3, -0.25) is 9.69 Å². The van der Waals surface area contributed by atoms with E-state index in [1.807, 2.05) is 19.1 Å². The van der Waals surface area contributed by atoms with Crippen LogP contribution < -0.4 is 14.9 Å². The fourth-order valence-electron chi connectivity index (χ4n) is 3.71. The van der Waals surface area contributed by atoms with E-state index in [2.05, 4.69) is 18.7 Å². The molecule has 6 heteroatoms. The third-order valence-electron chi connectivity index (χ3n) is 5.08. The van der Waals surface area contributed by atoms with E-state index in [1.54, 1.807) is 31.2 Å². The number of ether oxygens (including phenoxy) is 2. The summed E-state index contributed by atoms with van der Waals surface area (Å²) in [6, 6.07) is 10.4. The summed E-state index contributed by atoms with van der Waals surface area (Å²) >= 11 is 0. The maximum absolute atomic E-state index is 13.3. The van der Waals surface area contributed by atoms with Gasteiger partial charge < -0.3 is 19.0 Å². The van der Waals surface area contributed by atoms with Gasteiger partial charge in [0.25, 0.3) is 0 Å². The zero-order chi connectivity index (χ0) is 22.4. The Morgan fingerprint density at radius 1 is 1.00 bits per heavy atom. The van der Waals surface area contributed by atoms with Crippen molar-refractivity contribution in [1.82, 2.24) is 4.90 Å². The first-order valence-corrected chi connectivity index (χ1v) is 10.9. The van der Waals surface area contributed by atoms with Gasteiger partial charge in [0.05, 0.1) is 17.6 Å². The van der Waals surface area contributed by atoms with E-state index < -0.39 is 0 Å². The summed E-state index contributed by atoms with van der Waals surface area (Å²) in [5.41, 5.74) is 0.759. The smallest absolute Gasteiger partial charge is 0.235 e. The molecular formula is C25H31NO5. The van der Waals surface area contributed by atoms with Crippen molar-refractivity contribution < 1.29 is 19.0 Å². The van der Waals surface area contributed by atoms with Crippen molar-refractivity contribution in [3.63, 3.8) is 0 Å². The minimum Gasteiger partial charge on any atom is -0.507 e. The summed E-state index contributed by atoms with van der Waals surface area (Å²) in [7, 11) is 0. The van der Waals surface area contributed by atoms with Gasteiger partial charge in [0.15, 0.2) is 11.5 Å². The largest absolute Gasteiger partial charge is 0.507 e. The quantitative estimate of drug-likeness (QED) is 0.454. The highest BCUT2D eigenvalue weighted by Gasteiger charge is 2.20. The van der Waals surface area contributed by atoms with Crippen molar-refractivity contribution in [3.8, 4) is 23.0 Å². The predicted octanol–water partition coefficient (Wildman–Crippen LogP) is 5.62. The van der Waals surface area contributed by atoms with Gasteiger partial charge in [0.1, 0.15) is 17.1 Å². The monoisotopic (exact) mass is 425 g/mol. The topological polar surface area (TPSA) is 72.1 Å². The van der Waals surface area contributed by atoms with E-state index >= 15 is 0 Å². The van der Waals surface area contributed by atoms with Gasteiger partial charge in [-0.25, -0.2) is 0 Å². The average molecular weight is 426 g/mol. The molecule has 31 heavy (non-hydrogen) atoms. The van der Waals surface area contributed by atoms with Crippen LogP contribution in [0.25, 0.3) is 11.0 Å². The molecule has 166 valence electrons. The van der Waals surface area contributed by atoms with Gasteiger partial charge in [-0.05, 0) is 64.0 Å².